The smallest absolute Gasteiger partial charge is 0.365 e. The Morgan fingerprint density at radius 2 is 1.34 bits per heavy atom. The fourth-order valence-electron chi connectivity index (χ4n) is 5.23. The zero-order valence-electron chi connectivity index (χ0n) is 24.8. The molecule has 4 nitrogen and oxygen atoms in total. The molecule has 2 rings (SSSR count). The molecular formula is C34H54NO3+. The van der Waals surface area contributed by atoms with Crippen molar-refractivity contribution in [3.63, 3.8) is 0 Å². The molecule has 0 heterocycles. The van der Waals surface area contributed by atoms with Crippen LogP contribution in [0.5, 0.6) is 5.75 Å². The molecule has 1 atom stereocenters. The summed E-state index contributed by atoms with van der Waals surface area (Å²) in [5.74, 6) is 0.791. The number of rotatable bonds is 21. The lowest BCUT2D eigenvalue weighted by Crippen LogP contribution is -2.53. The van der Waals surface area contributed by atoms with Gasteiger partial charge in [0.05, 0.1) is 14.1 Å². The molecule has 0 spiro atoms. The number of hydrogen-bond donors (Lipinski definition) is 0. The van der Waals surface area contributed by atoms with Gasteiger partial charge < -0.3 is 14.0 Å². The lowest BCUT2D eigenvalue weighted by Gasteiger charge is -2.36. The van der Waals surface area contributed by atoms with E-state index in [1.165, 1.54) is 75.3 Å². The molecule has 0 amide bonds. The third-order valence-corrected chi connectivity index (χ3v) is 7.47. The summed E-state index contributed by atoms with van der Waals surface area (Å²) < 4.78 is 12.4. The zero-order valence-corrected chi connectivity index (χ0v) is 24.8. The first-order valence-corrected chi connectivity index (χ1v) is 15.2. The Hall–Kier alpha value is -2.33. The highest BCUT2D eigenvalue weighted by atomic mass is 16.6. The van der Waals surface area contributed by atoms with Gasteiger partial charge in [-0.2, -0.15) is 0 Å². The fraction of sp³-hybridized carbons (Fsp3) is 0.618. The standard InChI is InChI=1S/C34H54NO3/c1-5-7-8-9-10-11-12-13-14-18-24-31-25-19-20-26-33(31)37-27-28-38-34(36)32(21-6-2)35(3,4)29-30-22-16-15-17-23-30/h15-17,19-20,22-23,25-26,32H,5-14,18,21,24,27-29H2,1-4H3/q+1. The van der Waals surface area contributed by atoms with Crippen LogP contribution in [0.1, 0.15) is 102 Å². The number of nitrogens with zero attached hydrogens (tertiary/aromatic N) is 1. The van der Waals surface area contributed by atoms with Crippen molar-refractivity contribution >= 4 is 5.97 Å². The van der Waals surface area contributed by atoms with Crippen LogP contribution in [0.3, 0.4) is 0 Å². The maximum atomic E-state index is 13.1. The third kappa shape index (κ3) is 12.5. The molecule has 0 N–H and O–H groups in total. The molecule has 0 saturated heterocycles. The molecule has 212 valence electrons. The monoisotopic (exact) mass is 524 g/mol. The number of quaternary nitrogens is 1. The quantitative estimate of drug-likeness (QED) is 0.0932. The van der Waals surface area contributed by atoms with Gasteiger partial charge in [-0.05, 0) is 30.9 Å². The number of para-hydroxylation sites is 1. The molecule has 1 unspecified atom stereocenters. The first-order valence-electron chi connectivity index (χ1n) is 15.2. The van der Waals surface area contributed by atoms with Crippen molar-refractivity contribution in [1.82, 2.24) is 0 Å². The van der Waals surface area contributed by atoms with Gasteiger partial charge in [0.2, 0.25) is 0 Å². The summed E-state index contributed by atoms with van der Waals surface area (Å²) in [5.41, 5.74) is 2.48. The van der Waals surface area contributed by atoms with Crippen molar-refractivity contribution in [2.45, 2.75) is 110 Å². The highest BCUT2D eigenvalue weighted by molar-refractivity contribution is 5.74. The van der Waals surface area contributed by atoms with Gasteiger partial charge in [0.15, 0.2) is 6.04 Å². The zero-order chi connectivity index (χ0) is 27.5. The van der Waals surface area contributed by atoms with E-state index in [0.717, 1.165) is 31.6 Å². The van der Waals surface area contributed by atoms with Crippen LogP contribution >= 0.6 is 0 Å². The molecule has 4 heteroatoms. The van der Waals surface area contributed by atoms with Gasteiger partial charge in [0.25, 0.3) is 0 Å². The minimum atomic E-state index is -0.191. The Balaban J connectivity index is 1.72. The maximum Gasteiger partial charge on any atom is 0.365 e. The second kappa shape index (κ2) is 18.8. The summed E-state index contributed by atoms with van der Waals surface area (Å²) in [6.45, 7) is 5.85. The molecule has 0 aliphatic carbocycles. The summed E-state index contributed by atoms with van der Waals surface area (Å²) >= 11 is 0. The van der Waals surface area contributed by atoms with Crippen LogP contribution in [0.2, 0.25) is 0 Å². The Bertz CT molecular complexity index is 880. The van der Waals surface area contributed by atoms with Crippen molar-refractivity contribution in [2.24, 2.45) is 0 Å². The topological polar surface area (TPSA) is 35.5 Å². The van der Waals surface area contributed by atoms with Gasteiger partial charge in [-0.1, -0.05) is 120 Å². The molecule has 0 saturated carbocycles. The Morgan fingerprint density at radius 3 is 2.00 bits per heavy atom. The molecule has 0 aromatic heterocycles. The number of carbonyl (C=O) groups is 1. The van der Waals surface area contributed by atoms with Gasteiger partial charge in [-0.25, -0.2) is 4.79 Å². The highest BCUT2D eigenvalue weighted by Crippen LogP contribution is 2.22. The van der Waals surface area contributed by atoms with E-state index < -0.39 is 0 Å². The largest absolute Gasteiger partial charge is 0.490 e. The molecule has 0 aliphatic heterocycles. The lowest BCUT2D eigenvalue weighted by atomic mass is 10.0. The normalized spacial score (nSPS) is 12.3. The Morgan fingerprint density at radius 1 is 0.737 bits per heavy atom. The number of unbranched alkanes of at least 4 members (excludes halogenated alkanes) is 9. The van der Waals surface area contributed by atoms with Crippen LogP contribution in [0.15, 0.2) is 54.6 Å². The SMILES string of the molecule is CCCCCCCCCCCCc1ccccc1OCCOC(=O)C(CCC)[N+](C)(C)Cc1ccccc1. The third-order valence-electron chi connectivity index (χ3n) is 7.47. The van der Waals surface area contributed by atoms with Crippen LogP contribution in [-0.4, -0.2) is 43.8 Å². The minimum absolute atomic E-state index is 0.130. The van der Waals surface area contributed by atoms with Gasteiger partial charge in [0.1, 0.15) is 25.5 Å². The average Bonchev–Trinajstić information content (AvgIpc) is 2.91. The number of aryl methyl sites for hydroxylation is 1. The van der Waals surface area contributed by atoms with Crippen molar-refractivity contribution in [3.8, 4) is 5.75 Å². The molecule has 0 fully saturated rings. The molecule has 2 aromatic carbocycles. The van der Waals surface area contributed by atoms with Gasteiger partial charge in [-0.3, -0.25) is 0 Å². The second-order valence-corrected chi connectivity index (χ2v) is 11.3. The summed E-state index contributed by atoms with van der Waals surface area (Å²) in [7, 11) is 4.24. The predicted molar refractivity (Wildman–Crippen MR) is 159 cm³/mol. The molecular weight excluding hydrogens is 470 g/mol. The van der Waals surface area contributed by atoms with Crippen LogP contribution in [0, 0.1) is 0 Å². The van der Waals surface area contributed by atoms with E-state index in [4.69, 9.17) is 9.47 Å². The van der Waals surface area contributed by atoms with Crippen LogP contribution < -0.4 is 4.74 Å². The van der Waals surface area contributed by atoms with E-state index in [1.54, 1.807) is 0 Å². The van der Waals surface area contributed by atoms with Crippen LogP contribution in [0.4, 0.5) is 0 Å². The van der Waals surface area contributed by atoms with Gasteiger partial charge >= 0.3 is 5.97 Å². The number of benzene rings is 2. The van der Waals surface area contributed by atoms with Gasteiger partial charge in [0, 0.05) is 12.0 Å². The fourth-order valence-corrected chi connectivity index (χ4v) is 5.23. The molecule has 0 aliphatic rings. The maximum absolute atomic E-state index is 13.1. The number of ether oxygens (including phenoxy) is 2. The number of carbonyl (C=O) groups excluding carboxylic acids is 1. The summed E-state index contributed by atoms with van der Waals surface area (Å²) in [5, 5.41) is 0. The average molecular weight is 525 g/mol. The van der Waals surface area contributed by atoms with E-state index in [-0.39, 0.29) is 18.6 Å². The molecule has 2 aromatic rings. The molecule has 0 bridgehead atoms. The molecule has 0 radical (unpaired) electrons. The number of likely N-dealkylation sites (N-methyl/N-ethyl adjacent to an activating group) is 1. The van der Waals surface area contributed by atoms with Crippen LogP contribution in [-0.2, 0) is 22.5 Å². The first kappa shape index (κ1) is 31.9. The van der Waals surface area contributed by atoms with Crippen molar-refractivity contribution in [3.05, 3.63) is 65.7 Å². The van der Waals surface area contributed by atoms with E-state index in [2.05, 4.69) is 52.2 Å². The highest BCUT2D eigenvalue weighted by Gasteiger charge is 2.35. The van der Waals surface area contributed by atoms with Crippen molar-refractivity contribution in [2.75, 3.05) is 27.3 Å². The van der Waals surface area contributed by atoms with E-state index in [1.807, 2.05) is 30.3 Å². The van der Waals surface area contributed by atoms with Crippen molar-refractivity contribution in [1.29, 1.82) is 0 Å². The first-order chi connectivity index (χ1) is 18.5. The van der Waals surface area contributed by atoms with Crippen LogP contribution in [0.25, 0.3) is 0 Å². The van der Waals surface area contributed by atoms with Gasteiger partial charge in [-0.15, -0.1) is 0 Å². The number of hydrogen-bond acceptors (Lipinski definition) is 3. The Labute approximate surface area is 233 Å². The molecule has 38 heavy (non-hydrogen) atoms. The Kier molecular flexibility index (Phi) is 15.8. The van der Waals surface area contributed by atoms with E-state index in [9.17, 15) is 4.79 Å². The second-order valence-electron chi connectivity index (χ2n) is 11.3. The summed E-state index contributed by atoms with van der Waals surface area (Å²) in [4.78, 5) is 13.1. The van der Waals surface area contributed by atoms with E-state index >= 15 is 0 Å². The minimum Gasteiger partial charge on any atom is -0.490 e. The summed E-state index contributed by atoms with van der Waals surface area (Å²) in [6, 6.07) is 18.5. The predicted octanol–water partition coefficient (Wildman–Crippen LogP) is 8.52. The summed E-state index contributed by atoms with van der Waals surface area (Å²) in [6.07, 6.45) is 16.2. The lowest BCUT2D eigenvalue weighted by molar-refractivity contribution is -0.920. The van der Waals surface area contributed by atoms with Crippen molar-refractivity contribution < 1.29 is 18.8 Å². The number of esters is 1. The van der Waals surface area contributed by atoms with E-state index in [0.29, 0.717) is 11.1 Å².